The van der Waals surface area contributed by atoms with Crippen LogP contribution in [0.25, 0.3) is 0 Å². The molecule has 0 aromatic carbocycles. The van der Waals surface area contributed by atoms with Crippen molar-refractivity contribution >= 4 is 28.3 Å². The van der Waals surface area contributed by atoms with Gasteiger partial charge in [-0.2, -0.15) is 4.39 Å². The molecule has 1 N–H and O–H groups in total. The van der Waals surface area contributed by atoms with E-state index in [1.807, 2.05) is 0 Å². The molecule has 2 rings (SSSR count). The summed E-state index contributed by atoms with van der Waals surface area (Å²) in [5.41, 5.74) is 0. The summed E-state index contributed by atoms with van der Waals surface area (Å²) < 4.78 is 18.5. The van der Waals surface area contributed by atoms with E-state index in [1.54, 1.807) is 6.07 Å². The Hall–Kier alpha value is -0.390. The Morgan fingerprint density at radius 2 is 2.40 bits per heavy atom. The van der Waals surface area contributed by atoms with Crippen LogP contribution in [0.1, 0.15) is 6.42 Å². The minimum Gasteiger partial charge on any atom is -0.490 e. The first-order valence-corrected chi connectivity index (χ1v) is 5.22. The molecule has 0 radical (unpaired) electrons. The minimum atomic E-state index is -0.515. The van der Waals surface area contributed by atoms with Gasteiger partial charge < -0.3 is 10.1 Å². The number of halogens is 3. The molecule has 0 bridgehead atoms. The molecule has 84 valence electrons. The van der Waals surface area contributed by atoms with Crippen LogP contribution in [-0.4, -0.2) is 24.2 Å². The van der Waals surface area contributed by atoms with E-state index in [0.29, 0.717) is 22.9 Å². The molecular formula is C9H11BrClFN2O. The van der Waals surface area contributed by atoms with Gasteiger partial charge in [-0.3, -0.25) is 0 Å². The lowest BCUT2D eigenvalue weighted by Gasteiger charge is -2.27. The van der Waals surface area contributed by atoms with Gasteiger partial charge in [0.2, 0.25) is 5.95 Å². The number of ether oxygens (including phenoxy) is 1. The Bertz CT molecular complexity index is 336. The van der Waals surface area contributed by atoms with E-state index in [0.717, 1.165) is 13.0 Å². The highest BCUT2D eigenvalue weighted by Crippen LogP contribution is 2.19. The second-order valence-electron chi connectivity index (χ2n) is 3.19. The Morgan fingerprint density at radius 3 is 2.93 bits per heavy atom. The van der Waals surface area contributed by atoms with Gasteiger partial charge >= 0.3 is 0 Å². The fourth-order valence-corrected chi connectivity index (χ4v) is 1.50. The molecular weight excluding hydrogens is 286 g/mol. The van der Waals surface area contributed by atoms with Crippen molar-refractivity contribution in [3.63, 3.8) is 0 Å². The summed E-state index contributed by atoms with van der Waals surface area (Å²) in [5.74, 6) is 0.0751. The second-order valence-corrected chi connectivity index (χ2v) is 4.05. The highest BCUT2D eigenvalue weighted by atomic mass is 79.9. The van der Waals surface area contributed by atoms with E-state index in [9.17, 15) is 4.39 Å². The molecule has 3 nitrogen and oxygen atoms in total. The molecule has 0 unspecified atom stereocenters. The molecule has 15 heavy (non-hydrogen) atoms. The highest BCUT2D eigenvalue weighted by Gasteiger charge is 2.16. The lowest BCUT2D eigenvalue weighted by Crippen LogP contribution is -2.46. The van der Waals surface area contributed by atoms with Crippen LogP contribution in [0.4, 0.5) is 4.39 Å². The van der Waals surface area contributed by atoms with E-state index in [2.05, 4.69) is 26.2 Å². The molecule has 1 saturated heterocycles. The van der Waals surface area contributed by atoms with Gasteiger partial charge in [0, 0.05) is 12.1 Å². The Balaban J connectivity index is 0.00000112. The predicted molar refractivity (Wildman–Crippen MR) is 61.0 cm³/mol. The summed E-state index contributed by atoms with van der Waals surface area (Å²) in [6, 6.07) is 2.01. The number of aromatic nitrogens is 1. The Kier molecular flexibility index (Phi) is 4.76. The molecule has 1 aliphatic rings. The van der Waals surface area contributed by atoms with Gasteiger partial charge in [-0.1, -0.05) is 0 Å². The SMILES string of the molecule is Cl.Fc1ncc(OC[C@@H]2CCN2)cc1Br. The maximum absolute atomic E-state index is 12.7. The lowest BCUT2D eigenvalue weighted by atomic mass is 10.1. The van der Waals surface area contributed by atoms with Gasteiger partial charge in [-0.05, 0) is 28.9 Å². The maximum Gasteiger partial charge on any atom is 0.227 e. The smallest absolute Gasteiger partial charge is 0.227 e. The van der Waals surface area contributed by atoms with Crippen molar-refractivity contribution in [2.45, 2.75) is 12.5 Å². The van der Waals surface area contributed by atoms with Crippen molar-refractivity contribution in [1.82, 2.24) is 10.3 Å². The highest BCUT2D eigenvalue weighted by molar-refractivity contribution is 9.10. The van der Waals surface area contributed by atoms with Crippen molar-refractivity contribution in [2.75, 3.05) is 13.2 Å². The molecule has 1 aromatic heterocycles. The average Bonchev–Trinajstić information content (AvgIpc) is 2.08. The molecule has 0 saturated carbocycles. The van der Waals surface area contributed by atoms with Crippen LogP contribution in [0.5, 0.6) is 5.75 Å². The maximum atomic E-state index is 12.7. The third-order valence-electron chi connectivity index (χ3n) is 2.15. The Morgan fingerprint density at radius 1 is 1.67 bits per heavy atom. The van der Waals surface area contributed by atoms with E-state index < -0.39 is 5.95 Å². The molecule has 0 spiro atoms. The van der Waals surface area contributed by atoms with Crippen LogP contribution in [0.15, 0.2) is 16.7 Å². The van der Waals surface area contributed by atoms with Crippen LogP contribution in [0.3, 0.4) is 0 Å². The molecule has 1 fully saturated rings. The van der Waals surface area contributed by atoms with Gasteiger partial charge in [0.25, 0.3) is 0 Å². The first-order chi connectivity index (χ1) is 6.75. The molecule has 6 heteroatoms. The van der Waals surface area contributed by atoms with E-state index in [1.165, 1.54) is 6.20 Å². The normalized spacial score (nSPS) is 18.9. The average molecular weight is 298 g/mol. The van der Waals surface area contributed by atoms with Crippen molar-refractivity contribution in [2.24, 2.45) is 0 Å². The predicted octanol–water partition coefficient (Wildman–Crippen LogP) is 2.15. The second kappa shape index (κ2) is 5.63. The summed E-state index contributed by atoms with van der Waals surface area (Å²) in [6.45, 7) is 1.67. The van der Waals surface area contributed by atoms with Crippen LogP contribution < -0.4 is 10.1 Å². The summed E-state index contributed by atoms with van der Waals surface area (Å²) in [4.78, 5) is 3.54. The largest absolute Gasteiger partial charge is 0.490 e. The monoisotopic (exact) mass is 296 g/mol. The van der Waals surface area contributed by atoms with E-state index in [-0.39, 0.29) is 12.4 Å². The van der Waals surface area contributed by atoms with Gasteiger partial charge in [0.15, 0.2) is 0 Å². The Labute approximate surface area is 102 Å². The summed E-state index contributed by atoms with van der Waals surface area (Å²) in [5, 5.41) is 3.21. The van der Waals surface area contributed by atoms with Gasteiger partial charge in [0.1, 0.15) is 12.4 Å². The van der Waals surface area contributed by atoms with Gasteiger partial charge in [-0.25, -0.2) is 4.98 Å². The first kappa shape index (κ1) is 12.7. The van der Waals surface area contributed by atoms with E-state index in [4.69, 9.17) is 4.74 Å². The van der Waals surface area contributed by atoms with Crippen LogP contribution in [0, 0.1) is 5.95 Å². The zero-order valence-corrected chi connectivity index (χ0v) is 10.3. The fraction of sp³-hybridized carbons (Fsp3) is 0.444. The van der Waals surface area contributed by atoms with Crippen molar-refractivity contribution < 1.29 is 9.13 Å². The topological polar surface area (TPSA) is 34.1 Å². The van der Waals surface area contributed by atoms with Crippen molar-refractivity contribution in [1.29, 1.82) is 0 Å². The van der Waals surface area contributed by atoms with Crippen LogP contribution >= 0.6 is 28.3 Å². The molecule has 1 aromatic rings. The van der Waals surface area contributed by atoms with Crippen molar-refractivity contribution in [3.8, 4) is 5.75 Å². The summed E-state index contributed by atoms with van der Waals surface area (Å²) in [7, 11) is 0. The number of pyridine rings is 1. The van der Waals surface area contributed by atoms with Crippen LogP contribution in [-0.2, 0) is 0 Å². The van der Waals surface area contributed by atoms with E-state index >= 15 is 0 Å². The molecule has 2 heterocycles. The zero-order valence-electron chi connectivity index (χ0n) is 7.87. The van der Waals surface area contributed by atoms with Gasteiger partial charge in [0.05, 0.1) is 10.7 Å². The van der Waals surface area contributed by atoms with Crippen molar-refractivity contribution in [3.05, 3.63) is 22.7 Å². The number of rotatable bonds is 3. The van der Waals surface area contributed by atoms with Crippen LogP contribution in [0.2, 0.25) is 0 Å². The third kappa shape index (κ3) is 3.29. The molecule has 0 amide bonds. The quantitative estimate of drug-likeness (QED) is 0.868. The number of nitrogens with zero attached hydrogens (tertiary/aromatic N) is 1. The summed E-state index contributed by atoms with van der Waals surface area (Å²) in [6.07, 6.45) is 2.52. The number of hydrogen-bond donors (Lipinski definition) is 1. The number of nitrogens with one attached hydrogen (secondary N) is 1. The molecule has 0 aliphatic carbocycles. The molecule has 1 aliphatic heterocycles. The fourth-order valence-electron chi connectivity index (χ4n) is 1.17. The lowest BCUT2D eigenvalue weighted by molar-refractivity contribution is 0.216. The third-order valence-corrected chi connectivity index (χ3v) is 2.70. The first-order valence-electron chi connectivity index (χ1n) is 4.43. The number of hydrogen-bond acceptors (Lipinski definition) is 3. The standard InChI is InChI=1S/C9H10BrFN2O.ClH/c10-8-3-7(4-13-9(8)11)14-5-6-1-2-12-6;/h3-4,6,12H,1-2,5H2;1H/t6-;/m0./s1. The summed E-state index contributed by atoms with van der Waals surface area (Å²) >= 11 is 3.05. The van der Waals surface area contributed by atoms with Gasteiger partial charge in [-0.15, -0.1) is 12.4 Å². The molecule has 1 atom stereocenters. The zero-order chi connectivity index (χ0) is 9.97. The minimum absolute atomic E-state index is 0.